The molecule has 1 aliphatic carbocycles. The Bertz CT molecular complexity index is 384. The summed E-state index contributed by atoms with van der Waals surface area (Å²) in [6, 6.07) is 9.99. The molecule has 2 nitrogen and oxygen atoms in total. The first-order valence-electron chi connectivity index (χ1n) is 7.31. The van der Waals surface area contributed by atoms with Gasteiger partial charge in [0.25, 0.3) is 0 Å². The summed E-state index contributed by atoms with van der Waals surface area (Å²) in [5, 5.41) is 3.67. The summed E-state index contributed by atoms with van der Waals surface area (Å²) in [7, 11) is 0. The molecule has 0 bridgehead atoms. The summed E-state index contributed by atoms with van der Waals surface area (Å²) in [4.78, 5) is 2.65. The van der Waals surface area contributed by atoms with Gasteiger partial charge in [0.15, 0.2) is 0 Å². The molecule has 0 amide bonds. The molecule has 1 atom stereocenters. The molecule has 3 rings (SSSR count). The molecule has 1 aliphatic heterocycles. The molecule has 0 aromatic heterocycles. The molecule has 1 aromatic rings. The van der Waals surface area contributed by atoms with Gasteiger partial charge in [0, 0.05) is 30.9 Å². The van der Waals surface area contributed by atoms with Crippen molar-refractivity contribution in [1.29, 1.82) is 0 Å². The van der Waals surface area contributed by atoms with Crippen molar-refractivity contribution >= 4 is 5.69 Å². The first-order valence-corrected chi connectivity index (χ1v) is 7.31. The van der Waals surface area contributed by atoms with E-state index in [4.69, 9.17) is 0 Å². The van der Waals surface area contributed by atoms with Crippen LogP contribution < -0.4 is 5.32 Å². The van der Waals surface area contributed by atoms with Crippen molar-refractivity contribution in [2.24, 2.45) is 5.92 Å². The number of hydrogen-bond donors (Lipinski definition) is 1. The van der Waals surface area contributed by atoms with Gasteiger partial charge in [0.2, 0.25) is 0 Å². The monoisotopic (exact) mass is 244 g/mol. The van der Waals surface area contributed by atoms with Crippen molar-refractivity contribution < 1.29 is 0 Å². The lowest BCUT2D eigenvalue weighted by Crippen LogP contribution is -2.41. The second kappa shape index (κ2) is 4.93. The number of nitrogens with one attached hydrogen (secondary N) is 1. The minimum Gasteiger partial charge on any atom is -0.380 e. The van der Waals surface area contributed by atoms with E-state index in [2.05, 4.69) is 48.3 Å². The van der Waals surface area contributed by atoms with E-state index in [0.29, 0.717) is 12.1 Å². The van der Waals surface area contributed by atoms with Crippen LogP contribution in [0, 0.1) is 5.92 Å². The Hall–Kier alpha value is -1.02. The van der Waals surface area contributed by atoms with Gasteiger partial charge in [-0.05, 0) is 50.7 Å². The van der Waals surface area contributed by atoms with Crippen LogP contribution in [0.3, 0.4) is 0 Å². The van der Waals surface area contributed by atoms with Gasteiger partial charge in [0.05, 0.1) is 0 Å². The first-order chi connectivity index (χ1) is 8.72. The molecule has 98 valence electrons. The van der Waals surface area contributed by atoms with E-state index in [0.717, 1.165) is 5.92 Å². The molecule has 1 N–H and O–H groups in total. The van der Waals surface area contributed by atoms with Crippen LogP contribution in [0.5, 0.6) is 0 Å². The summed E-state index contributed by atoms with van der Waals surface area (Å²) in [6.45, 7) is 7.13. The van der Waals surface area contributed by atoms with E-state index < -0.39 is 0 Å². The lowest BCUT2D eigenvalue weighted by Gasteiger charge is -2.29. The Balaban J connectivity index is 1.59. The van der Waals surface area contributed by atoms with Crippen LogP contribution in [0.2, 0.25) is 0 Å². The molecule has 1 unspecified atom stereocenters. The van der Waals surface area contributed by atoms with Gasteiger partial charge in [-0.15, -0.1) is 0 Å². The number of hydrogen-bond acceptors (Lipinski definition) is 2. The highest BCUT2D eigenvalue weighted by Gasteiger charge is 2.28. The van der Waals surface area contributed by atoms with Crippen LogP contribution in [0.1, 0.15) is 32.3 Å². The average Bonchev–Trinajstić information content (AvgIpc) is 3.06. The van der Waals surface area contributed by atoms with E-state index in [-0.39, 0.29) is 0 Å². The maximum atomic E-state index is 3.67. The van der Waals surface area contributed by atoms with Crippen LogP contribution in [-0.4, -0.2) is 30.1 Å². The first kappa shape index (κ1) is 12.0. The van der Waals surface area contributed by atoms with Gasteiger partial charge >= 0.3 is 0 Å². The number of rotatable bonds is 5. The number of benzene rings is 1. The van der Waals surface area contributed by atoms with Crippen LogP contribution in [0.4, 0.5) is 5.69 Å². The molecule has 0 radical (unpaired) electrons. The Kier molecular flexibility index (Phi) is 3.29. The molecule has 18 heavy (non-hydrogen) atoms. The summed E-state index contributed by atoms with van der Waals surface area (Å²) in [5.74, 6) is 0.983. The second-order valence-electron chi connectivity index (χ2n) is 6.19. The largest absolute Gasteiger partial charge is 0.380 e. The minimum absolute atomic E-state index is 0.601. The lowest BCUT2D eigenvalue weighted by atomic mass is 10.1. The molecule has 1 saturated carbocycles. The molecular formula is C16H24N2. The van der Waals surface area contributed by atoms with Crippen molar-refractivity contribution in [3.05, 3.63) is 29.8 Å². The Morgan fingerprint density at radius 1 is 1.22 bits per heavy atom. The Morgan fingerprint density at radius 3 is 2.67 bits per heavy atom. The van der Waals surface area contributed by atoms with Gasteiger partial charge in [0.1, 0.15) is 0 Å². The zero-order chi connectivity index (χ0) is 12.5. The van der Waals surface area contributed by atoms with E-state index in [1.54, 1.807) is 0 Å². The normalized spacial score (nSPS) is 22.3. The number of anilines is 1. The highest BCUT2D eigenvalue weighted by atomic mass is 15.2. The molecule has 1 aromatic carbocycles. The zero-order valence-corrected chi connectivity index (χ0v) is 11.5. The fourth-order valence-electron chi connectivity index (χ4n) is 2.90. The average molecular weight is 244 g/mol. The SMILES string of the molecule is CC(C)N(CC1CC1)CC1Cc2ccccc2N1. The highest BCUT2D eigenvalue weighted by molar-refractivity contribution is 5.56. The topological polar surface area (TPSA) is 15.3 Å². The van der Waals surface area contributed by atoms with E-state index in [1.807, 2.05) is 0 Å². The summed E-state index contributed by atoms with van der Waals surface area (Å²) in [5.41, 5.74) is 2.83. The van der Waals surface area contributed by atoms with Crippen LogP contribution >= 0.6 is 0 Å². The predicted molar refractivity (Wildman–Crippen MR) is 77.0 cm³/mol. The molecule has 1 heterocycles. The van der Waals surface area contributed by atoms with Crippen LogP contribution in [0.15, 0.2) is 24.3 Å². The summed E-state index contributed by atoms with van der Waals surface area (Å²) >= 11 is 0. The lowest BCUT2D eigenvalue weighted by molar-refractivity contribution is 0.205. The molecule has 1 fully saturated rings. The van der Waals surface area contributed by atoms with Crippen molar-refractivity contribution in [2.45, 2.75) is 45.2 Å². The maximum Gasteiger partial charge on any atom is 0.0429 e. The van der Waals surface area contributed by atoms with Gasteiger partial charge < -0.3 is 5.32 Å². The van der Waals surface area contributed by atoms with Gasteiger partial charge in [-0.2, -0.15) is 0 Å². The quantitative estimate of drug-likeness (QED) is 0.856. The fraction of sp³-hybridized carbons (Fsp3) is 0.625. The highest BCUT2D eigenvalue weighted by Crippen LogP contribution is 2.31. The van der Waals surface area contributed by atoms with Gasteiger partial charge in [-0.25, -0.2) is 0 Å². The van der Waals surface area contributed by atoms with E-state index in [9.17, 15) is 0 Å². The standard InChI is InChI=1S/C16H24N2/c1-12(2)18(10-13-7-8-13)11-15-9-14-5-3-4-6-16(14)17-15/h3-6,12-13,15,17H,7-11H2,1-2H3. The van der Waals surface area contributed by atoms with Crippen molar-refractivity contribution in [3.8, 4) is 0 Å². The van der Waals surface area contributed by atoms with E-state index in [1.165, 1.54) is 43.6 Å². The third kappa shape index (κ3) is 2.69. The number of para-hydroxylation sites is 1. The third-order valence-corrected chi connectivity index (χ3v) is 4.22. The van der Waals surface area contributed by atoms with Gasteiger partial charge in [-0.3, -0.25) is 4.90 Å². The van der Waals surface area contributed by atoms with Gasteiger partial charge in [-0.1, -0.05) is 18.2 Å². The van der Waals surface area contributed by atoms with Crippen molar-refractivity contribution in [2.75, 3.05) is 18.4 Å². The van der Waals surface area contributed by atoms with Crippen LogP contribution in [-0.2, 0) is 6.42 Å². The maximum absolute atomic E-state index is 3.67. The number of nitrogens with zero attached hydrogens (tertiary/aromatic N) is 1. The second-order valence-corrected chi connectivity index (χ2v) is 6.19. The minimum atomic E-state index is 0.601. The Morgan fingerprint density at radius 2 is 2.00 bits per heavy atom. The summed E-state index contributed by atoms with van der Waals surface area (Å²) in [6.07, 6.45) is 4.08. The summed E-state index contributed by atoms with van der Waals surface area (Å²) < 4.78 is 0. The zero-order valence-electron chi connectivity index (χ0n) is 11.5. The molecule has 2 heteroatoms. The third-order valence-electron chi connectivity index (χ3n) is 4.22. The Labute approximate surface area is 110 Å². The fourth-order valence-corrected chi connectivity index (χ4v) is 2.90. The van der Waals surface area contributed by atoms with Crippen molar-refractivity contribution in [3.63, 3.8) is 0 Å². The molecule has 2 aliphatic rings. The molecular weight excluding hydrogens is 220 g/mol. The van der Waals surface area contributed by atoms with Crippen LogP contribution in [0.25, 0.3) is 0 Å². The molecule has 0 spiro atoms. The number of fused-ring (bicyclic) bond motifs is 1. The molecule has 0 saturated heterocycles. The predicted octanol–water partition coefficient (Wildman–Crippen LogP) is 3.14. The smallest absolute Gasteiger partial charge is 0.0429 e. The van der Waals surface area contributed by atoms with E-state index >= 15 is 0 Å². The van der Waals surface area contributed by atoms with Crippen molar-refractivity contribution in [1.82, 2.24) is 4.90 Å².